The second-order valence-electron chi connectivity index (χ2n) is 3.37. The highest BCUT2D eigenvalue weighted by atomic mass is 16.4. The maximum atomic E-state index is 10.6. The maximum absolute atomic E-state index is 10.6. The van der Waals surface area contributed by atoms with Crippen molar-refractivity contribution >= 4 is 5.97 Å². The smallest absolute Gasteiger partial charge is 0.335 e. The van der Waals surface area contributed by atoms with Gasteiger partial charge in [0.2, 0.25) is 0 Å². The molecule has 0 atom stereocenters. The largest absolute Gasteiger partial charge is 0.478 e. The van der Waals surface area contributed by atoms with Crippen molar-refractivity contribution in [3.8, 4) is 11.8 Å². The van der Waals surface area contributed by atoms with E-state index in [-0.39, 0.29) is 5.56 Å². The van der Waals surface area contributed by atoms with Crippen molar-refractivity contribution < 1.29 is 9.90 Å². The summed E-state index contributed by atoms with van der Waals surface area (Å²) < 4.78 is 0. The van der Waals surface area contributed by atoms with Gasteiger partial charge in [-0.2, -0.15) is 0 Å². The van der Waals surface area contributed by atoms with E-state index in [2.05, 4.69) is 11.8 Å². The molecule has 2 heteroatoms. The number of carbonyl (C=O) groups is 1. The molecule has 0 aliphatic carbocycles. The first-order chi connectivity index (χ1) is 7.09. The van der Waals surface area contributed by atoms with Crippen molar-refractivity contribution in [2.24, 2.45) is 0 Å². The van der Waals surface area contributed by atoms with Crippen LogP contribution in [0.4, 0.5) is 0 Å². The van der Waals surface area contributed by atoms with Crippen LogP contribution in [0.3, 0.4) is 0 Å². The van der Waals surface area contributed by atoms with Crippen molar-refractivity contribution in [2.75, 3.05) is 0 Å². The average molecular weight is 200 g/mol. The van der Waals surface area contributed by atoms with E-state index in [4.69, 9.17) is 5.11 Å². The fraction of sp³-hybridized carbons (Fsp3) is 0.154. The summed E-state index contributed by atoms with van der Waals surface area (Å²) in [6, 6.07) is 6.51. The van der Waals surface area contributed by atoms with Gasteiger partial charge in [0, 0.05) is 5.56 Å². The molecule has 0 saturated heterocycles. The van der Waals surface area contributed by atoms with E-state index >= 15 is 0 Å². The first-order valence-corrected chi connectivity index (χ1v) is 4.58. The van der Waals surface area contributed by atoms with Crippen LogP contribution in [0.5, 0.6) is 0 Å². The fourth-order valence-electron chi connectivity index (χ4n) is 0.960. The molecule has 1 N–H and O–H groups in total. The van der Waals surface area contributed by atoms with Gasteiger partial charge in [0.05, 0.1) is 5.56 Å². The quantitative estimate of drug-likeness (QED) is 0.708. The molecule has 1 rings (SSSR count). The highest BCUT2D eigenvalue weighted by Crippen LogP contribution is 2.02. The summed E-state index contributed by atoms with van der Waals surface area (Å²) in [7, 11) is 0. The topological polar surface area (TPSA) is 37.3 Å². The Morgan fingerprint density at radius 1 is 1.27 bits per heavy atom. The molecule has 0 aliphatic heterocycles. The van der Waals surface area contributed by atoms with Gasteiger partial charge in [0.15, 0.2) is 0 Å². The molecule has 0 heterocycles. The molecule has 1 aromatic rings. The zero-order chi connectivity index (χ0) is 11.3. The Bertz CT molecular complexity index is 438. The van der Waals surface area contributed by atoms with Gasteiger partial charge in [-0.3, -0.25) is 0 Å². The molecule has 0 bridgehead atoms. The van der Waals surface area contributed by atoms with Gasteiger partial charge in [-0.25, -0.2) is 4.79 Å². The van der Waals surface area contributed by atoms with Crippen LogP contribution in [0.2, 0.25) is 0 Å². The predicted molar refractivity (Wildman–Crippen MR) is 59.7 cm³/mol. The summed E-state index contributed by atoms with van der Waals surface area (Å²) in [5.41, 5.74) is 2.24. The van der Waals surface area contributed by atoms with Crippen LogP contribution >= 0.6 is 0 Å². The molecular weight excluding hydrogens is 188 g/mol. The normalized spacial score (nSPS) is 8.67. The minimum Gasteiger partial charge on any atom is -0.478 e. The Morgan fingerprint density at radius 3 is 2.33 bits per heavy atom. The Balaban J connectivity index is 2.84. The van der Waals surface area contributed by atoms with E-state index < -0.39 is 5.97 Å². The van der Waals surface area contributed by atoms with Gasteiger partial charge in [0.25, 0.3) is 0 Å². The maximum Gasteiger partial charge on any atom is 0.335 e. The van der Waals surface area contributed by atoms with Gasteiger partial charge in [0.1, 0.15) is 0 Å². The van der Waals surface area contributed by atoms with Crippen molar-refractivity contribution in [3.63, 3.8) is 0 Å². The third-order valence-electron chi connectivity index (χ3n) is 1.71. The van der Waals surface area contributed by atoms with Crippen LogP contribution in [0.15, 0.2) is 35.9 Å². The molecule has 0 radical (unpaired) electrons. The van der Waals surface area contributed by atoms with E-state index in [0.717, 1.165) is 11.1 Å². The number of rotatable bonds is 1. The third-order valence-corrected chi connectivity index (χ3v) is 1.71. The average Bonchev–Trinajstić information content (AvgIpc) is 2.18. The van der Waals surface area contributed by atoms with Crippen LogP contribution in [0.25, 0.3) is 0 Å². The lowest BCUT2D eigenvalue weighted by atomic mass is 10.1. The van der Waals surface area contributed by atoms with Gasteiger partial charge >= 0.3 is 5.97 Å². The lowest BCUT2D eigenvalue weighted by Gasteiger charge is -1.93. The highest BCUT2D eigenvalue weighted by molar-refractivity contribution is 5.87. The van der Waals surface area contributed by atoms with Crippen LogP contribution in [0, 0.1) is 11.8 Å². The molecule has 0 saturated carbocycles. The van der Waals surface area contributed by atoms with Crippen LogP contribution in [-0.4, -0.2) is 11.1 Å². The zero-order valence-electron chi connectivity index (χ0n) is 8.74. The van der Waals surface area contributed by atoms with Gasteiger partial charge in [-0.1, -0.05) is 17.4 Å². The molecule has 0 aliphatic rings. The molecule has 76 valence electrons. The molecule has 2 nitrogen and oxygen atoms in total. The Labute approximate surface area is 89.3 Å². The van der Waals surface area contributed by atoms with E-state index in [1.807, 2.05) is 19.9 Å². The summed E-state index contributed by atoms with van der Waals surface area (Å²) in [4.78, 5) is 10.6. The molecule has 15 heavy (non-hydrogen) atoms. The fourth-order valence-corrected chi connectivity index (χ4v) is 0.960. The number of carboxylic acid groups (broad SMARTS) is 1. The molecule has 0 amide bonds. The number of benzene rings is 1. The standard InChI is InChI=1S/C13H12O2/c1-10(2)4-3-5-11-6-8-12(9-7-11)13(14)15/h4,6-9H,1-2H3,(H,14,15). The molecule has 0 fully saturated rings. The molecule has 0 spiro atoms. The van der Waals surface area contributed by atoms with Gasteiger partial charge in [-0.15, -0.1) is 0 Å². The zero-order valence-corrected chi connectivity index (χ0v) is 8.74. The van der Waals surface area contributed by atoms with Crippen molar-refractivity contribution in [2.45, 2.75) is 13.8 Å². The Morgan fingerprint density at radius 2 is 1.87 bits per heavy atom. The van der Waals surface area contributed by atoms with Gasteiger partial charge in [-0.05, 0) is 44.2 Å². The van der Waals surface area contributed by atoms with E-state index in [1.165, 1.54) is 0 Å². The monoisotopic (exact) mass is 200 g/mol. The molecule has 0 aromatic heterocycles. The second-order valence-corrected chi connectivity index (χ2v) is 3.37. The van der Waals surface area contributed by atoms with Crippen molar-refractivity contribution in [1.82, 2.24) is 0 Å². The summed E-state index contributed by atoms with van der Waals surface area (Å²) in [5.74, 6) is 4.90. The number of carboxylic acids is 1. The van der Waals surface area contributed by atoms with E-state index in [0.29, 0.717) is 0 Å². The summed E-state index contributed by atoms with van der Waals surface area (Å²) >= 11 is 0. The Kier molecular flexibility index (Phi) is 3.70. The number of allylic oxidation sites excluding steroid dienone is 2. The molecule has 0 unspecified atom stereocenters. The highest BCUT2D eigenvalue weighted by Gasteiger charge is 1.99. The predicted octanol–water partition coefficient (Wildman–Crippen LogP) is 2.70. The molecule has 1 aromatic carbocycles. The second kappa shape index (κ2) is 5.02. The number of aromatic carboxylic acids is 1. The summed E-state index contributed by atoms with van der Waals surface area (Å²) in [5, 5.41) is 8.68. The van der Waals surface area contributed by atoms with Crippen LogP contribution < -0.4 is 0 Å². The minimum absolute atomic E-state index is 0.280. The SMILES string of the molecule is CC(C)=CC#Cc1ccc(C(=O)O)cc1. The van der Waals surface area contributed by atoms with Gasteiger partial charge < -0.3 is 5.11 Å². The van der Waals surface area contributed by atoms with Crippen molar-refractivity contribution in [1.29, 1.82) is 0 Å². The van der Waals surface area contributed by atoms with Crippen LogP contribution in [0.1, 0.15) is 29.8 Å². The van der Waals surface area contributed by atoms with E-state index in [9.17, 15) is 4.79 Å². The van der Waals surface area contributed by atoms with E-state index in [1.54, 1.807) is 24.3 Å². The molecular formula is C13H12O2. The summed E-state index contributed by atoms with van der Waals surface area (Å²) in [6.45, 7) is 3.95. The number of hydrogen-bond donors (Lipinski definition) is 1. The first kappa shape index (κ1) is 11.1. The number of hydrogen-bond acceptors (Lipinski definition) is 1. The van der Waals surface area contributed by atoms with Crippen molar-refractivity contribution in [3.05, 3.63) is 47.0 Å². The first-order valence-electron chi connectivity index (χ1n) is 4.58. The lowest BCUT2D eigenvalue weighted by Crippen LogP contribution is -1.94. The summed E-state index contributed by atoms with van der Waals surface area (Å²) in [6.07, 6.45) is 1.82. The third kappa shape index (κ3) is 3.70. The lowest BCUT2D eigenvalue weighted by molar-refractivity contribution is 0.0697. The Hall–Kier alpha value is -2.01. The van der Waals surface area contributed by atoms with Crippen LogP contribution in [-0.2, 0) is 0 Å². The minimum atomic E-state index is -0.918.